The molecule has 6 heteroatoms. The molecule has 0 unspecified atom stereocenters. The van der Waals surface area contributed by atoms with Crippen molar-refractivity contribution < 1.29 is 14.4 Å². The van der Waals surface area contributed by atoms with E-state index in [4.69, 9.17) is 15.2 Å². The van der Waals surface area contributed by atoms with E-state index in [1.54, 1.807) is 12.1 Å². The first kappa shape index (κ1) is 14.8. The quantitative estimate of drug-likeness (QED) is 0.652. The SMILES string of the molecule is COc1ccc(COc2ccc(CN)cc2)cc1[N+](=O)[O-]. The number of methoxy groups -OCH3 is 1. The maximum absolute atomic E-state index is 11.0. The van der Waals surface area contributed by atoms with Crippen LogP contribution in [-0.4, -0.2) is 12.0 Å². The van der Waals surface area contributed by atoms with Crippen LogP contribution in [0.3, 0.4) is 0 Å². The highest BCUT2D eigenvalue weighted by atomic mass is 16.6. The fraction of sp³-hybridized carbons (Fsp3) is 0.200. The fourth-order valence-electron chi connectivity index (χ4n) is 1.86. The molecule has 0 aromatic heterocycles. The third kappa shape index (κ3) is 3.70. The lowest BCUT2D eigenvalue weighted by Crippen LogP contribution is -2.00. The Morgan fingerprint density at radius 3 is 2.38 bits per heavy atom. The Labute approximate surface area is 122 Å². The van der Waals surface area contributed by atoms with Gasteiger partial charge in [0.1, 0.15) is 12.4 Å². The zero-order valence-electron chi connectivity index (χ0n) is 11.6. The summed E-state index contributed by atoms with van der Waals surface area (Å²) in [4.78, 5) is 10.5. The highest BCUT2D eigenvalue weighted by Gasteiger charge is 2.15. The Morgan fingerprint density at radius 2 is 1.81 bits per heavy atom. The van der Waals surface area contributed by atoms with Gasteiger partial charge in [-0.25, -0.2) is 0 Å². The van der Waals surface area contributed by atoms with E-state index in [0.29, 0.717) is 17.9 Å². The normalized spacial score (nSPS) is 10.2. The zero-order chi connectivity index (χ0) is 15.2. The molecular formula is C15H16N2O4. The molecule has 0 spiro atoms. The summed E-state index contributed by atoms with van der Waals surface area (Å²) < 4.78 is 10.6. The first-order valence-electron chi connectivity index (χ1n) is 6.37. The third-order valence-electron chi connectivity index (χ3n) is 3.00. The first-order chi connectivity index (χ1) is 10.1. The number of nitro groups is 1. The van der Waals surface area contributed by atoms with Crippen LogP contribution in [0.4, 0.5) is 5.69 Å². The van der Waals surface area contributed by atoms with E-state index in [-0.39, 0.29) is 18.0 Å². The van der Waals surface area contributed by atoms with Crippen molar-refractivity contribution in [3.8, 4) is 11.5 Å². The molecular weight excluding hydrogens is 272 g/mol. The van der Waals surface area contributed by atoms with Gasteiger partial charge in [0.15, 0.2) is 5.75 Å². The van der Waals surface area contributed by atoms with Crippen molar-refractivity contribution in [2.75, 3.05) is 7.11 Å². The summed E-state index contributed by atoms with van der Waals surface area (Å²) in [7, 11) is 1.40. The largest absolute Gasteiger partial charge is 0.490 e. The Hall–Kier alpha value is -2.60. The second-order valence-corrected chi connectivity index (χ2v) is 4.40. The molecule has 0 bridgehead atoms. The van der Waals surface area contributed by atoms with Gasteiger partial charge in [-0.2, -0.15) is 0 Å². The van der Waals surface area contributed by atoms with Gasteiger partial charge in [-0.05, 0) is 29.3 Å². The molecule has 0 aliphatic carbocycles. The molecule has 0 saturated carbocycles. The summed E-state index contributed by atoms with van der Waals surface area (Å²) in [6, 6.07) is 12.2. The van der Waals surface area contributed by atoms with Crippen LogP contribution in [0.15, 0.2) is 42.5 Å². The smallest absolute Gasteiger partial charge is 0.311 e. The van der Waals surface area contributed by atoms with E-state index in [1.165, 1.54) is 13.2 Å². The van der Waals surface area contributed by atoms with Gasteiger partial charge in [-0.3, -0.25) is 10.1 Å². The molecule has 0 aliphatic rings. The molecule has 0 atom stereocenters. The van der Waals surface area contributed by atoms with E-state index in [2.05, 4.69) is 0 Å². The minimum atomic E-state index is -0.474. The first-order valence-corrected chi connectivity index (χ1v) is 6.37. The van der Waals surface area contributed by atoms with Crippen molar-refractivity contribution in [2.45, 2.75) is 13.2 Å². The maximum atomic E-state index is 11.0. The van der Waals surface area contributed by atoms with Crippen LogP contribution in [0.25, 0.3) is 0 Å². The van der Waals surface area contributed by atoms with Gasteiger partial charge in [0.2, 0.25) is 0 Å². The predicted molar refractivity (Wildman–Crippen MR) is 78.3 cm³/mol. The van der Waals surface area contributed by atoms with Crippen LogP contribution >= 0.6 is 0 Å². The van der Waals surface area contributed by atoms with E-state index in [9.17, 15) is 10.1 Å². The lowest BCUT2D eigenvalue weighted by Gasteiger charge is -2.08. The second kappa shape index (κ2) is 6.71. The molecule has 2 rings (SSSR count). The molecule has 0 radical (unpaired) electrons. The molecule has 110 valence electrons. The van der Waals surface area contributed by atoms with Crippen molar-refractivity contribution in [3.63, 3.8) is 0 Å². The average molecular weight is 288 g/mol. The molecule has 2 aromatic rings. The van der Waals surface area contributed by atoms with Gasteiger partial charge in [-0.1, -0.05) is 18.2 Å². The minimum absolute atomic E-state index is 0.0721. The molecule has 2 aromatic carbocycles. The number of nitrogens with two attached hydrogens (primary N) is 1. The lowest BCUT2D eigenvalue weighted by molar-refractivity contribution is -0.385. The van der Waals surface area contributed by atoms with Crippen molar-refractivity contribution >= 4 is 5.69 Å². The summed E-state index contributed by atoms with van der Waals surface area (Å²) in [5.74, 6) is 0.918. The van der Waals surface area contributed by atoms with Gasteiger partial charge < -0.3 is 15.2 Å². The van der Waals surface area contributed by atoms with Crippen LogP contribution in [0.1, 0.15) is 11.1 Å². The Balaban J connectivity index is 2.08. The lowest BCUT2D eigenvalue weighted by atomic mass is 10.2. The molecule has 0 amide bonds. The van der Waals surface area contributed by atoms with Crippen LogP contribution in [0.5, 0.6) is 11.5 Å². The number of ether oxygens (including phenoxy) is 2. The van der Waals surface area contributed by atoms with Gasteiger partial charge in [0, 0.05) is 12.6 Å². The highest BCUT2D eigenvalue weighted by molar-refractivity contribution is 5.48. The molecule has 0 fully saturated rings. The highest BCUT2D eigenvalue weighted by Crippen LogP contribution is 2.28. The van der Waals surface area contributed by atoms with E-state index in [1.807, 2.05) is 24.3 Å². The van der Waals surface area contributed by atoms with Crippen molar-refractivity contribution in [1.29, 1.82) is 0 Å². The number of benzene rings is 2. The number of nitrogens with zero attached hydrogens (tertiary/aromatic N) is 1. The van der Waals surface area contributed by atoms with Gasteiger partial charge in [0.05, 0.1) is 12.0 Å². The van der Waals surface area contributed by atoms with Crippen molar-refractivity contribution in [2.24, 2.45) is 5.73 Å². The molecule has 0 saturated heterocycles. The summed E-state index contributed by atoms with van der Waals surface area (Å²) >= 11 is 0. The number of rotatable bonds is 6. The van der Waals surface area contributed by atoms with Gasteiger partial charge in [-0.15, -0.1) is 0 Å². The standard InChI is InChI=1S/C15H16N2O4/c1-20-15-7-4-12(8-14(15)17(18)19)10-21-13-5-2-11(9-16)3-6-13/h2-8H,9-10,16H2,1H3. The predicted octanol–water partition coefficient (Wildman–Crippen LogP) is 2.64. The number of nitro benzene ring substituents is 1. The summed E-state index contributed by atoms with van der Waals surface area (Å²) in [6.45, 7) is 0.720. The Bertz CT molecular complexity index is 626. The average Bonchev–Trinajstić information content (AvgIpc) is 2.53. The molecule has 6 nitrogen and oxygen atoms in total. The van der Waals surface area contributed by atoms with Crippen LogP contribution in [0.2, 0.25) is 0 Å². The van der Waals surface area contributed by atoms with E-state index < -0.39 is 4.92 Å². The van der Waals surface area contributed by atoms with Gasteiger partial charge >= 0.3 is 5.69 Å². The molecule has 0 aliphatic heterocycles. The zero-order valence-corrected chi connectivity index (χ0v) is 11.6. The molecule has 0 heterocycles. The Morgan fingerprint density at radius 1 is 1.14 bits per heavy atom. The van der Waals surface area contributed by atoms with Crippen molar-refractivity contribution in [1.82, 2.24) is 0 Å². The van der Waals surface area contributed by atoms with Gasteiger partial charge in [0.25, 0.3) is 0 Å². The third-order valence-corrected chi connectivity index (χ3v) is 3.00. The topological polar surface area (TPSA) is 87.6 Å². The van der Waals surface area contributed by atoms with Crippen LogP contribution in [0, 0.1) is 10.1 Å². The monoisotopic (exact) mass is 288 g/mol. The van der Waals surface area contributed by atoms with Crippen LogP contribution in [-0.2, 0) is 13.2 Å². The fourth-order valence-corrected chi connectivity index (χ4v) is 1.86. The van der Waals surface area contributed by atoms with E-state index in [0.717, 1.165) is 5.56 Å². The number of hydrogen-bond acceptors (Lipinski definition) is 5. The van der Waals surface area contributed by atoms with Crippen LogP contribution < -0.4 is 15.2 Å². The number of hydrogen-bond donors (Lipinski definition) is 1. The summed E-state index contributed by atoms with van der Waals surface area (Å²) in [5.41, 5.74) is 7.16. The van der Waals surface area contributed by atoms with Crippen molar-refractivity contribution in [3.05, 3.63) is 63.7 Å². The maximum Gasteiger partial charge on any atom is 0.311 e. The minimum Gasteiger partial charge on any atom is -0.490 e. The second-order valence-electron chi connectivity index (χ2n) is 4.40. The molecule has 2 N–H and O–H groups in total. The molecule has 21 heavy (non-hydrogen) atoms. The summed E-state index contributed by atoms with van der Waals surface area (Å²) in [6.07, 6.45) is 0. The van der Waals surface area contributed by atoms with E-state index >= 15 is 0 Å². The Kier molecular flexibility index (Phi) is 4.73. The summed E-state index contributed by atoms with van der Waals surface area (Å²) in [5, 5.41) is 11.0.